The molecule has 2 unspecified atom stereocenters. The van der Waals surface area contributed by atoms with Crippen LogP contribution in [0.1, 0.15) is 48.0 Å². The third-order valence-electron chi connectivity index (χ3n) is 4.74. The molecule has 1 amide bonds. The van der Waals surface area contributed by atoms with Gasteiger partial charge in [0.15, 0.2) is 0 Å². The van der Waals surface area contributed by atoms with E-state index in [0.29, 0.717) is 17.5 Å². The van der Waals surface area contributed by atoms with Gasteiger partial charge < -0.3 is 10.0 Å². The average molecular weight is 259 g/mol. The monoisotopic (exact) mass is 259 g/mol. The Morgan fingerprint density at radius 3 is 2.89 bits per heavy atom. The zero-order valence-electron chi connectivity index (χ0n) is 11.4. The number of likely N-dealkylation sites (tertiary alicyclic amines) is 1. The van der Waals surface area contributed by atoms with Crippen molar-refractivity contribution in [3.8, 4) is 5.75 Å². The molecule has 1 aliphatic heterocycles. The number of nitrogens with zero attached hydrogens (tertiary/aromatic N) is 1. The third-order valence-corrected chi connectivity index (χ3v) is 4.74. The van der Waals surface area contributed by atoms with E-state index in [1.807, 2.05) is 24.0 Å². The van der Waals surface area contributed by atoms with Gasteiger partial charge in [0.1, 0.15) is 5.75 Å². The largest absolute Gasteiger partial charge is 0.507 e. The molecule has 0 aromatic heterocycles. The summed E-state index contributed by atoms with van der Waals surface area (Å²) in [6.45, 7) is 2.68. The van der Waals surface area contributed by atoms with E-state index in [2.05, 4.69) is 0 Å². The topological polar surface area (TPSA) is 40.5 Å². The number of aromatic hydroxyl groups is 1. The van der Waals surface area contributed by atoms with E-state index in [1.165, 1.54) is 19.3 Å². The van der Waals surface area contributed by atoms with E-state index >= 15 is 0 Å². The van der Waals surface area contributed by atoms with Crippen molar-refractivity contribution in [3.63, 3.8) is 0 Å². The number of phenols is 1. The van der Waals surface area contributed by atoms with Gasteiger partial charge in [0.25, 0.3) is 5.91 Å². The maximum atomic E-state index is 12.6. The number of benzene rings is 1. The highest BCUT2D eigenvalue weighted by Crippen LogP contribution is 2.37. The third kappa shape index (κ3) is 2.11. The highest BCUT2D eigenvalue weighted by Gasteiger charge is 2.38. The zero-order valence-corrected chi connectivity index (χ0v) is 11.4. The number of para-hydroxylation sites is 1. The van der Waals surface area contributed by atoms with Crippen LogP contribution in [-0.4, -0.2) is 28.5 Å². The maximum Gasteiger partial charge on any atom is 0.257 e. The molecular weight excluding hydrogens is 238 g/mol. The fraction of sp³-hybridized carbons (Fsp3) is 0.562. The highest BCUT2D eigenvalue weighted by atomic mass is 16.3. The Hall–Kier alpha value is -1.51. The second kappa shape index (κ2) is 4.87. The van der Waals surface area contributed by atoms with Crippen LogP contribution < -0.4 is 0 Å². The minimum absolute atomic E-state index is 0.00981. The smallest absolute Gasteiger partial charge is 0.257 e. The number of hydrogen-bond acceptors (Lipinski definition) is 2. The molecule has 2 aliphatic rings. The molecule has 1 aromatic rings. The van der Waals surface area contributed by atoms with Crippen molar-refractivity contribution >= 4 is 5.91 Å². The lowest BCUT2D eigenvalue weighted by Crippen LogP contribution is -2.39. The molecule has 19 heavy (non-hydrogen) atoms. The van der Waals surface area contributed by atoms with Crippen LogP contribution in [0.2, 0.25) is 0 Å². The van der Waals surface area contributed by atoms with Crippen molar-refractivity contribution in [3.05, 3.63) is 29.3 Å². The number of carbonyl (C=O) groups excluding carboxylic acids is 1. The van der Waals surface area contributed by atoms with Crippen LogP contribution >= 0.6 is 0 Å². The maximum absolute atomic E-state index is 12.6. The number of rotatable bonds is 1. The van der Waals surface area contributed by atoms with Crippen molar-refractivity contribution in [2.75, 3.05) is 6.54 Å². The van der Waals surface area contributed by atoms with Crippen LogP contribution in [0.4, 0.5) is 0 Å². The average Bonchev–Trinajstić information content (AvgIpc) is 2.85. The standard InChI is InChI=1S/C16H21NO2/c1-11-5-4-7-13(15(11)18)16(19)17-10-9-12-6-2-3-8-14(12)17/h4-5,7,12,14,18H,2-3,6,8-10H2,1H3. The molecule has 102 valence electrons. The molecule has 1 saturated carbocycles. The van der Waals surface area contributed by atoms with Crippen LogP contribution in [0, 0.1) is 12.8 Å². The fourth-order valence-corrected chi connectivity index (χ4v) is 3.64. The van der Waals surface area contributed by atoms with E-state index in [-0.39, 0.29) is 11.7 Å². The summed E-state index contributed by atoms with van der Waals surface area (Å²) in [5.41, 5.74) is 1.23. The van der Waals surface area contributed by atoms with Crippen LogP contribution in [0.15, 0.2) is 18.2 Å². The van der Waals surface area contributed by atoms with Gasteiger partial charge in [-0.3, -0.25) is 4.79 Å². The molecule has 1 aromatic carbocycles. The van der Waals surface area contributed by atoms with Gasteiger partial charge in [0.2, 0.25) is 0 Å². The molecule has 2 atom stereocenters. The zero-order chi connectivity index (χ0) is 13.4. The number of aryl methyl sites for hydroxylation is 1. The molecule has 0 spiro atoms. The Bertz CT molecular complexity index is 498. The molecule has 1 aliphatic carbocycles. The summed E-state index contributed by atoms with van der Waals surface area (Å²) < 4.78 is 0. The minimum atomic E-state index is 0.00981. The second-order valence-electron chi connectivity index (χ2n) is 5.87. The van der Waals surface area contributed by atoms with Gasteiger partial charge in [-0.25, -0.2) is 0 Å². The van der Waals surface area contributed by atoms with Crippen molar-refractivity contribution < 1.29 is 9.90 Å². The van der Waals surface area contributed by atoms with E-state index in [9.17, 15) is 9.90 Å². The molecule has 0 bridgehead atoms. The molecule has 3 heteroatoms. The predicted molar refractivity (Wildman–Crippen MR) is 74.2 cm³/mol. The lowest BCUT2D eigenvalue weighted by Gasteiger charge is -2.31. The van der Waals surface area contributed by atoms with Crippen molar-refractivity contribution in [2.24, 2.45) is 5.92 Å². The highest BCUT2D eigenvalue weighted by molar-refractivity contribution is 5.97. The van der Waals surface area contributed by atoms with Gasteiger partial charge >= 0.3 is 0 Å². The Balaban J connectivity index is 1.86. The molecule has 3 nitrogen and oxygen atoms in total. The van der Waals surface area contributed by atoms with Gasteiger partial charge in [-0.1, -0.05) is 25.0 Å². The fourth-order valence-electron chi connectivity index (χ4n) is 3.64. The first-order valence-electron chi connectivity index (χ1n) is 7.28. The predicted octanol–water partition coefficient (Wildman–Crippen LogP) is 3.11. The first kappa shape index (κ1) is 12.5. The molecular formula is C16H21NO2. The molecule has 0 radical (unpaired) electrons. The van der Waals surface area contributed by atoms with Crippen LogP contribution in [0.3, 0.4) is 0 Å². The SMILES string of the molecule is Cc1cccc(C(=O)N2CCC3CCCCC32)c1O. The Kier molecular flexibility index (Phi) is 3.21. The normalized spacial score (nSPS) is 26.3. The molecule has 1 heterocycles. The second-order valence-corrected chi connectivity index (χ2v) is 5.87. The van der Waals surface area contributed by atoms with Gasteiger partial charge in [0.05, 0.1) is 5.56 Å². The molecule has 3 rings (SSSR count). The number of carbonyl (C=O) groups is 1. The molecule has 2 fully saturated rings. The Morgan fingerprint density at radius 1 is 1.26 bits per heavy atom. The summed E-state index contributed by atoms with van der Waals surface area (Å²) in [5, 5.41) is 10.1. The summed E-state index contributed by atoms with van der Waals surface area (Å²) in [5.74, 6) is 0.840. The lowest BCUT2D eigenvalue weighted by molar-refractivity contribution is 0.0687. The van der Waals surface area contributed by atoms with E-state index in [4.69, 9.17) is 0 Å². The summed E-state index contributed by atoms with van der Waals surface area (Å²) in [6, 6.07) is 5.82. The Morgan fingerprint density at radius 2 is 2.05 bits per heavy atom. The summed E-state index contributed by atoms with van der Waals surface area (Å²) in [4.78, 5) is 14.6. The number of hydrogen-bond donors (Lipinski definition) is 1. The van der Waals surface area contributed by atoms with Crippen LogP contribution in [-0.2, 0) is 0 Å². The number of fused-ring (bicyclic) bond motifs is 1. The first-order chi connectivity index (χ1) is 9.18. The van der Waals surface area contributed by atoms with E-state index in [1.54, 1.807) is 6.07 Å². The van der Waals surface area contributed by atoms with Gasteiger partial charge in [-0.05, 0) is 43.7 Å². The number of phenolic OH excluding ortho intramolecular Hbond substituents is 1. The lowest BCUT2D eigenvalue weighted by atomic mass is 9.85. The van der Waals surface area contributed by atoms with Crippen molar-refractivity contribution in [1.29, 1.82) is 0 Å². The number of amides is 1. The quantitative estimate of drug-likeness (QED) is 0.842. The minimum Gasteiger partial charge on any atom is -0.507 e. The molecule has 1 saturated heterocycles. The summed E-state index contributed by atoms with van der Waals surface area (Å²) in [6.07, 6.45) is 6.05. The van der Waals surface area contributed by atoms with Gasteiger partial charge in [-0.2, -0.15) is 0 Å². The molecule has 1 N–H and O–H groups in total. The van der Waals surface area contributed by atoms with Crippen molar-refractivity contribution in [2.45, 2.75) is 45.1 Å². The van der Waals surface area contributed by atoms with E-state index < -0.39 is 0 Å². The summed E-state index contributed by atoms with van der Waals surface area (Å²) >= 11 is 0. The van der Waals surface area contributed by atoms with Gasteiger partial charge in [0, 0.05) is 12.6 Å². The van der Waals surface area contributed by atoms with Crippen LogP contribution in [0.5, 0.6) is 5.75 Å². The Labute approximate surface area is 114 Å². The van der Waals surface area contributed by atoms with E-state index in [0.717, 1.165) is 24.9 Å². The van der Waals surface area contributed by atoms with Gasteiger partial charge in [-0.15, -0.1) is 0 Å². The summed E-state index contributed by atoms with van der Waals surface area (Å²) in [7, 11) is 0. The van der Waals surface area contributed by atoms with Crippen LogP contribution in [0.25, 0.3) is 0 Å². The van der Waals surface area contributed by atoms with Crippen molar-refractivity contribution in [1.82, 2.24) is 4.90 Å². The first-order valence-corrected chi connectivity index (χ1v) is 7.28.